The van der Waals surface area contributed by atoms with Crippen molar-refractivity contribution in [2.75, 3.05) is 27.9 Å². The zero-order valence-corrected chi connectivity index (χ0v) is 14.2. The van der Waals surface area contributed by atoms with E-state index in [1.807, 2.05) is 48.5 Å². The van der Waals surface area contributed by atoms with Gasteiger partial charge in [0, 0.05) is 13.7 Å². The molecule has 0 radical (unpaired) electrons. The predicted octanol–water partition coefficient (Wildman–Crippen LogP) is 2.75. The van der Waals surface area contributed by atoms with Gasteiger partial charge in [-0.3, -0.25) is 4.79 Å². The van der Waals surface area contributed by atoms with Crippen LogP contribution in [0.3, 0.4) is 0 Å². The topological polar surface area (TPSA) is 56.8 Å². The molecule has 5 nitrogen and oxygen atoms in total. The lowest BCUT2D eigenvalue weighted by molar-refractivity contribution is -0.131. The summed E-state index contributed by atoms with van der Waals surface area (Å²) in [5, 5.41) is 2.91. The van der Waals surface area contributed by atoms with E-state index in [0.717, 1.165) is 11.1 Å². The van der Waals surface area contributed by atoms with E-state index in [1.54, 1.807) is 14.2 Å². The fourth-order valence-electron chi connectivity index (χ4n) is 2.48. The number of nitrogens with one attached hydrogen (secondary N) is 1. The molecular weight excluding hydrogens is 306 g/mol. The van der Waals surface area contributed by atoms with Crippen LogP contribution in [0.25, 0.3) is 0 Å². The van der Waals surface area contributed by atoms with E-state index < -0.39 is 6.10 Å². The number of amides is 1. The molecule has 1 N–H and O–H groups in total. The number of ether oxygens (including phenoxy) is 3. The summed E-state index contributed by atoms with van der Waals surface area (Å²) in [6.07, 6.45) is 0.0914. The molecule has 24 heavy (non-hydrogen) atoms. The molecule has 2 rings (SSSR count). The van der Waals surface area contributed by atoms with Crippen molar-refractivity contribution in [1.29, 1.82) is 0 Å². The molecule has 2 aromatic rings. The fourth-order valence-corrected chi connectivity index (χ4v) is 2.48. The van der Waals surface area contributed by atoms with Gasteiger partial charge in [-0.2, -0.15) is 0 Å². The number of rotatable bonds is 8. The number of benzene rings is 2. The van der Waals surface area contributed by atoms with E-state index >= 15 is 0 Å². The van der Waals surface area contributed by atoms with E-state index in [1.165, 1.54) is 7.11 Å². The first kappa shape index (κ1) is 17.8. The molecule has 0 aliphatic carbocycles. The smallest absolute Gasteiger partial charge is 0.253 e. The lowest BCUT2D eigenvalue weighted by Gasteiger charge is -2.16. The van der Waals surface area contributed by atoms with E-state index in [4.69, 9.17) is 14.2 Å². The average Bonchev–Trinajstić information content (AvgIpc) is 2.63. The quantitative estimate of drug-likeness (QED) is 0.809. The predicted molar refractivity (Wildman–Crippen MR) is 92.5 cm³/mol. The third-order valence-corrected chi connectivity index (χ3v) is 3.74. The lowest BCUT2D eigenvalue weighted by atomic mass is 10.1. The lowest BCUT2D eigenvalue weighted by Crippen LogP contribution is -2.31. The Labute approximate surface area is 142 Å². The Hall–Kier alpha value is -2.53. The molecule has 1 amide bonds. The minimum atomic E-state index is -0.600. The Morgan fingerprint density at radius 1 is 1.00 bits per heavy atom. The SMILES string of the molecule is COc1ccc(CCNC(=O)[C@H](OC)c2ccccc2)cc1OC. The molecule has 0 spiro atoms. The van der Waals surface area contributed by atoms with Crippen molar-refractivity contribution in [1.82, 2.24) is 5.32 Å². The molecule has 0 aliphatic rings. The first-order chi connectivity index (χ1) is 11.7. The normalized spacial score (nSPS) is 11.6. The second kappa shape index (κ2) is 8.93. The Kier molecular flexibility index (Phi) is 6.63. The Balaban J connectivity index is 1.92. The molecule has 128 valence electrons. The van der Waals surface area contributed by atoms with Crippen LogP contribution in [0.1, 0.15) is 17.2 Å². The highest BCUT2D eigenvalue weighted by molar-refractivity contribution is 5.82. The summed E-state index contributed by atoms with van der Waals surface area (Å²) in [7, 11) is 4.74. The number of hydrogen-bond acceptors (Lipinski definition) is 4. The number of methoxy groups -OCH3 is 3. The van der Waals surface area contributed by atoms with Crippen LogP contribution in [0.2, 0.25) is 0 Å². The molecule has 0 heterocycles. The number of carbonyl (C=O) groups excluding carboxylic acids is 1. The molecule has 0 saturated heterocycles. The van der Waals surface area contributed by atoms with Gasteiger partial charge in [0.15, 0.2) is 17.6 Å². The van der Waals surface area contributed by atoms with Crippen molar-refractivity contribution < 1.29 is 19.0 Å². The first-order valence-corrected chi connectivity index (χ1v) is 7.76. The Morgan fingerprint density at radius 3 is 2.33 bits per heavy atom. The second-order valence-corrected chi connectivity index (χ2v) is 5.26. The van der Waals surface area contributed by atoms with Crippen molar-refractivity contribution in [2.24, 2.45) is 0 Å². The van der Waals surface area contributed by atoms with Crippen LogP contribution in [-0.4, -0.2) is 33.8 Å². The summed E-state index contributed by atoms with van der Waals surface area (Å²) in [6, 6.07) is 15.2. The van der Waals surface area contributed by atoms with E-state index in [9.17, 15) is 4.79 Å². The molecule has 5 heteroatoms. The van der Waals surface area contributed by atoms with Crippen molar-refractivity contribution in [3.05, 3.63) is 59.7 Å². The van der Waals surface area contributed by atoms with Gasteiger partial charge in [0.2, 0.25) is 0 Å². The van der Waals surface area contributed by atoms with Crippen LogP contribution in [-0.2, 0) is 16.0 Å². The summed E-state index contributed by atoms with van der Waals surface area (Å²) in [4.78, 5) is 12.3. The molecule has 0 fully saturated rings. The third-order valence-electron chi connectivity index (χ3n) is 3.74. The molecule has 2 aromatic carbocycles. The van der Waals surface area contributed by atoms with Gasteiger partial charge >= 0.3 is 0 Å². The minimum Gasteiger partial charge on any atom is -0.493 e. The average molecular weight is 329 g/mol. The van der Waals surface area contributed by atoms with Gasteiger partial charge in [-0.15, -0.1) is 0 Å². The summed E-state index contributed by atoms with van der Waals surface area (Å²) in [5.74, 6) is 1.22. The molecular formula is C19H23NO4. The maximum absolute atomic E-state index is 12.3. The summed E-state index contributed by atoms with van der Waals surface area (Å²) in [5.41, 5.74) is 1.89. The van der Waals surface area contributed by atoms with Crippen LogP contribution in [0.5, 0.6) is 11.5 Å². The second-order valence-electron chi connectivity index (χ2n) is 5.26. The first-order valence-electron chi connectivity index (χ1n) is 7.76. The fraction of sp³-hybridized carbons (Fsp3) is 0.316. The van der Waals surface area contributed by atoms with Crippen LogP contribution >= 0.6 is 0 Å². The maximum atomic E-state index is 12.3. The highest BCUT2D eigenvalue weighted by atomic mass is 16.5. The largest absolute Gasteiger partial charge is 0.493 e. The summed E-state index contributed by atoms with van der Waals surface area (Å²) in [6.45, 7) is 0.515. The van der Waals surface area contributed by atoms with Crippen molar-refractivity contribution in [3.63, 3.8) is 0 Å². The molecule has 1 atom stereocenters. The van der Waals surface area contributed by atoms with Crippen LogP contribution in [0, 0.1) is 0 Å². The number of carbonyl (C=O) groups is 1. The van der Waals surface area contributed by atoms with Gasteiger partial charge < -0.3 is 19.5 Å². The molecule has 0 unspecified atom stereocenters. The molecule has 0 aliphatic heterocycles. The van der Waals surface area contributed by atoms with Crippen LogP contribution in [0.4, 0.5) is 0 Å². The maximum Gasteiger partial charge on any atom is 0.253 e. The van der Waals surface area contributed by atoms with Gasteiger partial charge in [-0.05, 0) is 29.7 Å². The zero-order valence-electron chi connectivity index (χ0n) is 14.2. The van der Waals surface area contributed by atoms with E-state index in [2.05, 4.69) is 5.32 Å². The van der Waals surface area contributed by atoms with E-state index in [-0.39, 0.29) is 5.91 Å². The standard InChI is InChI=1S/C19H23NO4/c1-22-16-10-9-14(13-17(16)23-2)11-12-20-19(21)18(24-3)15-7-5-4-6-8-15/h4-10,13,18H,11-12H2,1-3H3,(H,20,21)/t18-/m1/s1. The molecule has 0 bridgehead atoms. The Morgan fingerprint density at radius 2 is 1.71 bits per heavy atom. The van der Waals surface area contributed by atoms with Gasteiger partial charge in [0.1, 0.15) is 0 Å². The number of hydrogen-bond donors (Lipinski definition) is 1. The van der Waals surface area contributed by atoms with Crippen LogP contribution < -0.4 is 14.8 Å². The third kappa shape index (κ3) is 4.49. The Bertz CT molecular complexity index is 658. The monoisotopic (exact) mass is 329 g/mol. The van der Waals surface area contributed by atoms with Gasteiger partial charge in [0.25, 0.3) is 5.91 Å². The summed E-state index contributed by atoms with van der Waals surface area (Å²) < 4.78 is 15.8. The van der Waals surface area contributed by atoms with Gasteiger partial charge in [-0.1, -0.05) is 36.4 Å². The van der Waals surface area contributed by atoms with Crippen LogP contribution in [0.15, 0.2) is 48.5 Å². The van der Waals surface area contributed by atoms with Crippen molar-refractivity contribution in [2.45, 2.75) is 12.5 Å². The van der Waals surface area contributed by atoms with E-state index in [0.29, 0.717) is 24.5 Å². The van der Waals surface area contributed by atoms with Crippen molar-refractivity contribution >= 4 is 5.91 Å². The van der Waals surface area contributed by atoms with Gasteiger partial charge in [-0.25, -0.2) is 0 Å². The zero-order chi connectivity index (χ0) is 17.4. The summed E-state index contributed by atoms with van der Waals surface area (Å²) >= 11 is 0. The van der Waals surface area contributed by atoms with Crippen molar-refractivity contribution in [3.8, 4) is 11.5 Å². The highest BCUT2D eigenvalue weighted by Crippen LogP contribution is 2.27. The minimum absolute atomic E-state index is 0.149. The molecule has 0 aromatic heterocycles. The van der Waals surface area contributed by atoms with Gasteiger partial charge in [0.05, 0.1) is 14.2 Å². The highest BCUT2D eigenvalue weighted by Gasteiger charge is 2.19. The molecule has 0 saturated carbocycles.